The van der Waals surface area contributed by atoms with Crippen LogP contribution in [0.2, 0.25) is 0 Å². The van der Waals surface area contributed by atoms with E-state index in [9.17, 15) is 9.59 Å². The molecule has 2 N–H and O–H groups in total. The second kappa shape index (κ2) is 6.80. The van der Waals surface area contributed by atoms with Crippen molar-refractivity contribution in [3.8, 4) is 0 Å². The Balaban J connectivity index is 1.37. The van der Waals surface area contributed by atoms with E-state index in [0.717, 1.165) is 27.1 Å². The maximum atomic E-state index is 12.4. The molecule has 140 valence electrons. The summed E-state index contributed by atoms with van der Waals surface area (Å²) in [7, 11) is 0. The van der Waals surface area contributed by atoms with Gasteiger partial charge in [-0.15, -0.1) is 11.3 Å². The van der Waals surface area contributed by atoms with E-state index in [1.54, 1.807) is 11.3 Å². The zero-order valence-electron chi connectivity index (χ0n) is 15.7. The van der Waals surface area contributed by atoms with Gasteiger partial charge in [0.1, 0.15) is 10.7 Å². The van der Waals surface area contributed by atoms with Crippen LogP contribution in [-0.2, 0) is 11.2 Å². The van der Waals surface area contributed by atoms with Crippen LogP contribution in [0.25, 0.3) is 10.2 Å². The van der Waals surface area contributed by atoms with Crippen molar-refractivity contribution in [2.75, 3.05) is 0 Å². The van der Waals surface area contributed by atoms with E-state index in [2.05, 4.69) is 22.2 Å². The minimum Gasteiger partial charge on any atom is -0.353 e. The molecule has 4 rings (SSSR count). The minimum absolute atomic E-state index is 0.0570. The van der Waals surface area contributed by atoms with Crippen LogP contribution >= 0.6 is 11.3 Å². The summed E-state index contributed by atoms with van der Waals surface area (Å²) in [5.74, 6) is 3.00. The number of aryl methyl sites for hydroxylation is 3. The van der Waals surface area contributed by atoms with Gasteiger partial charge in [-0.1, -0.05) is 6.42 Å². The Morgan fingerprint density at radius 3 is 2.85 bits per heavy atom. The van der Waals surface area contributed by atoms with Gasteiger partial charge in [0.05, 0.1) is 5.39 Å². The molecule has 0 radical (unpaired) electrons. The molecule has 0 spiro atoms. The van der Waals surface area contributed by atoms with E-state index in [0.29, 0.717) is 30.0 Å². The number of carbonyl (C=O) groups excluding carboxylic acids is 1. The first kappa shape index (κ1) is 17.7. The Bertz CT molecular complexity index is 900. The van der Waals surface area contributed by atoms with Crippen LogP contribution in [0.5, 0.6) is 0 Å². The van der Waals surface area contributed by atoms with Gasteiger partial charge in [-0.2, -0.15) is 0 Å². The third kappa shape index (κ3) is 3.20. The maximum absolute atomic E-state index is 12.4. The summed E-state index contributed by atoms with van der Waals surface area (Å²) in [5, 5.41) is 3.87. The van der Waals surface area contributed by atoms with Crippen LogP contribution in [0.1, 0.15) is 55.3 Å². The first-order valence-electron chi connectivity index (χ1n) is 9.70. The molecule has 5 nitrogen and oxygen atoms in total. The highest BCUT2D eigenvalue weighted by atomic mass is 32.1. The molecular formula is C20H27N3O2S. The predicted octanol–water partition coefficient (Wildman–Crippen LogP) is 3.47. The summed E-state index contributed by atoms with van der Waals surface area (Å²) in [5.41, 5.74) is 0.908. The predicted molar refractivity (Wildman–Crippen MR) is 105 cm³/mol. The lowest BCUT2D eigenvalue weighted by atomic mass is 9.84. The van der Waals surface area contributed by atoms with Crippen LogP contribution in [0.15, 0.2) is 4.79 Å². The van der Waals surface area contributed by atoms with Gasteiger partial charge in [0, 0.05) is 23.8 Å². The molecule has 2 aromatic rings. The van der Waals surface area contributed by atoms with Gasteiger partial charge < -0.3 is 10.3 Å². The summed E-state index contributed by atoms with van der Waals surface area (Å²) >= 11 is 1.54. The van der Waals surface area contributed by atoms with Crippen molar-refractivity contribution in [1.29, 1.82) is 0 Å². The monoisotopic (exact) mass is 373 g/mol. The number of carbonyl (C=O) groups is 1. The number of rotatable bonds is 5. The van der Waals surface area contributed by atoms with Crippen LogP contribution in [-0.4, -0.2) is 21.9 Å². The highest BCUT2D eigenvalue weighted by Crippen LogP contribution is 2.49. The lowest BCUT2D eigenvalue weighted by molar-refractivity contribution is -0.122. The first-order valence-corrected chi connectivity index (χ1v) is 10.5. The molecular weight excluding hydrogens is 346 g/mol. The number of H-pyrrole nitrogens is 1. The van der Waals surface area contributed by atoms with Crippen LogP contribution in [0.4, 0.5) is 0 Å². The van der Waals surface area contributed by atoms with Gasteiger partial charge in [-0.3, -0.25) is 9.59 Å². The van der Waals surface area contributed by atoms with E-state index in [-0.39, 0.29) is 17.5 Å². The van der Waals surface area contributed by atoms with E-state index in [1.807, 2.05) is 13.8 Å². The van der Waals surface area contributed by atoms with Crippen molar-refractivity contribution in [3.63, 3.8) is 0 Å². The molecule has 2 bridgehead atoms. The lowest BCUT2D eigenvalue weighted by Gasteiger charge is -2.28. The molecule has 0 aliphatic heterocycles. The fourth-order valence-electron chi connectivity index (χ4n) is 4.99. The molecule has 2 saturated carbocycles. The van der Waals surface area contributed by atoms with Crippen molar-refractivity contribution >= 4 is 27.5 Å². The van der Waals surface area contributed by atoms with E-state index >= 15 is 0 Å². The zero-order chi connectivity index (χ0) is 18.4. The standard InChI is InChI=1S/C20H27N3O2S/c1-10-12(3)26-20-18(10)19(25)22-16(23-20)6-7-17(24)21-11(2)15-9-13-4-5-14(15)8-13/h11,13-15H,4-9H2,1-3H3,(H,21,24)(H,22,23,25). The van der Waals surface area contributed by atoms with Gasteiger partial charge >= 0.3 is 0 Å². The van der Waals surface area contributed by atoms with E-state index in [1.165, 1.54) is 25.7 Å². The number of hydrogen-bond acceptors (Lipinski definition) is 4. The number of hydrogen-bond donors (Lipinski definition) is 2. The average Bonchev–Trinajstić information content (AvgIpc) is 3.28. The molecule has 1 amide bonds. The van der Waals surface area contributed by atoms with Crippen molar-refractivity contribution in [3.05, 3.63) is 26.6 Å². The van der Waals surface area contributed by atoms with Crippen LogP contribution < -0.4 is 10.9 Å². The van der Waals surface area contributed by atoms with E-state index in [4.69, 9.17) is 0 Å². The Morgan fingerprint density at radius 2 is 2.15 bits per heavy atom. The quantitative estimate of drug-likeness (QED) is 0.843. The number of thiophene rings is 1. The van der Waals surface area contributed by atoms with Crippen molar-refractivity contribution in [2.45, 2.75) is 65.3 Å². The summed E-state index contributed by atoms with van der Waals surface area (Å²) in [6.45, 7) is 6.10. The Labute approximate surface area is 157 Å². The number of nitrogens with zero attached hydrogens (tertiary/aromatic N) is 1. The van der Waals surface area contributed by atoms with Gasteiger partial charge in [0.2, 0.25) is 5.91 Å². The highest BCUT2D eigenvalue weighted by Gasteiger charge is 2.42. The van der Waals surface area contributed by atoms with Gasteiger partial charge in [0.25, 0.3) is 5.56 Å². The average molecular weight is 374 g/mol. The number of aromatic nitrogens is 2. The molecule has 2 fully saturated rings. The van der Waals surface area contributed by atoms with Crippen LogP contribution in [0.3, 0.4) is 0 Å². The van der Waals surface area contributed by atoms with Crippen molar-refractivity contribution < 1.29 is 4.79 Å². The molecule has 2 heterocycles. The normalized spacial score (nSPS) is 25.7. The Morgan fingerprint density at radius 1 is 1.35 bits per heavy atom. The maximum Gasteiger partial charge on any atom is 0.259 e. The summed E-state index contributed by atoms with van der Waals surface area (Å²) in [6, 6.07) is 0.245. The zero-order valence-corrected chi connectivity index (χ0v) is 16.5. The smallest absolute Gasteiger partial charge is 0.259 e. The number of amides is 1. The molecule has 0 saturated heterocycles. The largest absolute Gasteiger partial charge is 0.353 e. The van der Waals surface area contributed by atoms with Gasteiger partial charge in [-0.25, -0.2) is 4.98 Å². The number of aromatic amines is 1. The van der Waals surface area contributed by atoms with E-state index < -0.39 is 0 Å². The molecule has 0 aromatic carbocycles. The number of fused-ring (bicyclic) bond motifs is 3. The molecule has 26 heavy (non-hydrogen) atoms. The Kier molecular flexibility index (Phi) is 4.63. The summed E-state index contributed by atoms with van der Waals surface area (Å²) < 4.78 is 0. The Hall–Kier alpha value is -1.69. The summed E-state index contributed by atoms with van der Waals surface area (Å²) in [4.78, 5) is 34.0. The van der Waals surface area contributed by atoms with Crippen molar-refractivity contribution in [1.82, 2.24) is 15.3 Å². The lowest BCUT2D eigenvalue weighted by Crippen LogP contribution is -2.40. The third-order valence-electron chi connectivity index (χ3n) is 6.50. The highest BCUT2D eigenvalue weighted by molar-refractivity contribution is 7.18. The van der Waals surface area contributed by atoms with Gasteiger partial charge in [-0.05, 0) is 63.4 Å². The second-order valence-corrected chi connectivity index (χ2v) is 9.37. The minimum atomic E-state index is -0.0948. The third-order valence-corrected chi connectivity index (χ3v) is 7.60. The second-order valence-electron chi connectivity index (χ2n) is 8.17. The number of nitrogens with one attached hydrogen (secondary N) is 2. The topological polar surface area (TPSA) is 74.8 Å². The molecule has 2 aromatic heterocycles. The first-order chi connectivity index (χ1) is 12.4. The molecule has 6 heteroatoms. The molecule has 2 aliphatic carbocycles. The SMILES string of the molecule is Cc1sc2nc(CCC(=O)NC(C)C3CC4CCC3C4)[nH]c(=O)c2c1C. The molecule has 2 aliphatic rings. The molecule has 4 atom stereocenters. The fourth-order valence-corrected chi connectivity index (χ4v) is 6.04. The molecule has 4 unspecified atom stereocenters. The summed E-state index contributed by atoms with van der Waals surface area (Å²) in [6.07, 6.45) is 6.18. The fraction of sp³-hybridized carbons (Fsp3) is 0.650. The van der Waals surface area contributed by atoms with Gasteiger partial charge in [0.15, 0.2) is 0 Å². The van der Waals surface area contributed by atoms with Crippen LogP contribution in [0, 0.1) is 31.6 Å². The van der Waals surface area contributed by atoms with Crippen molar-refractivity contribution in [2.24, 2.45) is 17.8 Å².